The van der Waals surface area contributed by atoms with Gasteiger partial charge in [0, 0.05) is 18.4 Å². The Morgan fingerprint density at radius 3 is 2.37 bits per heavy atom. The molecule has 98 valence electrons. The van der Waals surface area contributed by atoms with Crippen LogP contribution in [-0.4, -0.2) is 25.2 Å². The van der Waals surface area contributed by atoms with Crippen LogP contribution < -0.4 is 0 Å². The van der Waals surface area contributed by atoms with Gasteiger partial charge in [-0.2, -0.15) is 0 Å². The molecule has 0 aliphatic rings. The first kappa shape index (κ1) is 14.5. The molecule has 0 radical (unpaired) electrons. The Morgan fingerprint density at radius 2 is 1.74 bits per heavy atom. The van der Waals surface area contributed by atoms with Crippen LogP contribution in [0.1, 0.15) is 12.5 Å². The van der Waals surface area contributed by atoms with Gasteiger partial charge >= 0.3 is 11.9 Å². The molecule has 0 atom stereocenters. The number of esters is 2. The summed E-state index contributed by atoms with van der Waals surface area (Å²) < 4.78 is 9.49. The largest absolute Gasteiger partial charge is 0.462 e. The number of hydrogen-bond acceptors (Lipinski definition) is 4. The number of carbonyl (C=O) groups excluding carboxylic acids is 2. The summed E-state index contributed by atoms with van der Waals surface area (Å²) in [6.07, 6.45) is 3.18. The molecule has 0 aromatic heterocycles. The normalized spacial score (nSPS) is 9.53. The molecule has 0 amide bonds. The fourth-order valence-corrected chi connectivity index (χ4v) is 1.11. The van der Waals surface area contributed by atoms with E-state index in [-0.39, 0.29) is 19.2 Å². The van der Waals surface area contributed by atoms with E-state index < -0.39 is 5.97 Å². The van der Waals surface area contributed by atoms with Crippen molar-refractivity contribution in [2.24, 2.45) is 0 Å². The fraction of sp³-hybridized carbons (Fsp3) is 0.200. The quantitative estimate of drug-likeness (QED) is 0.468. The third-order valence-electron chi connectivity index (χ3n) is 1.94. The van der Waals surface area contributed by atoms with Crippen LogP contribution in [0.15, 0.2) is 42.5 Å². The number of hydrogen-bond donors (Lipinski definition) is 0. The first-order valence-corrected chi connectivity index (χ1v) is 5.70. The molecule has 0 fully saturated rings. The molecule has 0 heterocycles. The molecule has 0 saturated heterocycles. The number of carbonyl (C=O) groups is 2. The van der Waals surface area contributed by atoms with Crippen LogP contribution in [0.25, 0.3) is 0 Å². The second-order valence-electron chi connectivity index (χ2n) is 3.49. The summed E-state index contributed by atoms with van der Waals surface area (Å²) in [6, 6.07) is 9.16. The van der Waals surface area contributed by atoms with E-state index in [0.717, 1.165) is 5.56 Å². The first-order valence-electron chi connectivity index (χ1n) is 5.70. The Hall–Kier alpha value is -2.54. The molecule has 1 rings (SSSR count). The lowest BCUT2D eigenvalue weighted by Gasteiger charge is -1.96. The van der Waals surface area contributed by atoms with Gasteiger partial charge in [-0.15, -0.1) is 0 Å². The molecule has 4 heteroatoms. The molecule has 0 aliphatic heterocycles. The molecule has 1 aromatic carbocycles. The third-order valence-corrected chi connectivity index (χ3v) is 1.94. The highest BCUT2D eigenvalue weighted by atomic mass is 16.5. The Balaban J connectivity index is 2.25. The van der Waals surface area contributed by atoms with Crippen LogP contribution >= 0.6 is 0 Å². The van der Waals surface area contributed by atoms with Crippen molar-refractivity contribution in [3.05, 3.63) is 48.0 Å². The van der Waals surface area contributed by atoms with Crippen LogP contribution in [0.4, 0.5) is 0 Å². The predicted octanol–water partition coefficient (Wildman–Crippen LogP) is 1.70. The summed E-state index contributed by atoms with van der Waals surface area (Å²) in [5.41, 5.74) is 0.754. The molecular formula is C15H14O4. The highest BCUT2D eigenvalue weighted by molar-refractivity contribution is 5.89. The zero-order valence-corrected chi connectivity index (χ0v) is 10.6. The van der Waals surface area contributed by atoms with Gasteiger partial charge in [-0.1, -0.05) is 24.1 Å². The summed E-state index contributed by atoms with van der Waals surface area (Å²) in [7, 11) is 0. The van der Waals surface area contributed by atoms with Crippen LogP contribution in [-0.2, 0) is 19.1 Å². The molecule has 0 spiro atoms. The molecule has 0 bridgehead atoms. The maximum atomic E-state index is 11.2. The maximum Gasteiger partial charge on any atom is 0.385 e. The monoisotopic (exact) mass is 258 g/mol. The first-order chi connectivity index (χ1) is 9.18. The van der Waals surface area contributed by atoms with Gasteiger partial charge in [-0.05, 0) is 24.3 Å². The molecule has 0 aliphatic carbocycles. The minimum absolute atomic E-state index is 0.101. The second kappa shape index (κ2) is 8.54. The summed E-state index contributed by atoms with van der Waals surface area (Å²) >= 11 is 0. The van der Waals surface area contributed by atoms with Crippen LogP contribution in [0, 0.1) is 11.8 Å². The predicted molar refractivity (Wildman–Crippen MR) is 70.1 cm³/mol. The molecule has 0 saturated carbocycles. The van der Waals surface area contributed by atoms with Crippen molar-refractivity contribution in [2.45, 2.75) is 6.92 Å². The topological polar surface area (TPSA) is 52.6 Å². The van der Waals surface area contributed by atoms with Gasteiger partial charge < -0.3 is 9.47 Å². The van der Waals surface area contributed by atoms with E-state index in [4.69, 9.17) is 4.74 Å². The average molecular weight is 258 g/mol. The van der Waals surface area contributed by atoms with Crippen molar-refractivity contribution < 1.29 is 19.1 Å². The van der Waals surface area contributed by atoms with Gasteiger partial charge in [-0.25, -0.2) is 4.79 Å². The Bertz CT molecular complexity index is 506. The number of rotatable bonds is 4. The highest BCUT2D eigenvalue weighted by Gasteiger charge is 1.94. The minimum Gasteiger partial charge on any atom is -0.462 e. The Kier molecular flexibility index (Phi) is 6.52. The van der Waals surface area contributed by atoms with E-state index in [1.165, 1.54) is 6.92 Å². The average Bonchev–Trinajstić information content (AvgIpc) is 2.41. The van der Waals surface area contributed by atoms with Crippen molar-refractivity contribution in [1.82, 2.24) is 0 Å². The van der Waals surface area contributed by atoms with E-state index in [2.05, 4.69) is 16.6 Å². The van der Waals surface area contributed by atoms with Gasteiger partial charge in [0.1, 0.15) is 13.2 Å². The summed E-state index contributed by atoms with van der Waals surface area (Å²) in [5, 5.41) is 0. The standard InChI is InChI=1S/C15H14O4/c1-13(16)18-11-5-6-12-19-15(17)10-9-14-7-3-2-4-8-14/h2-8H,11-12H2,1H3/b6-5-. The minimum atomic E-state index is -0.596. The number of benzene rings is 1. The van der Waals surface area contributed by atoms with Gasteiger partial charge in [0.05, 0.1) is 0 Å². The molecule has 1 aromatic rings. The van der Waals surface area contributed by atoms with E-state index >= 15 is 0 Å². The lowest BCUT2D eigenvalue weighted by atomic mass is 10.2. The summed E-state index contributed by atoms with van der Waals surface area (Å²) in [4.78, 5) is 21.7. The van der Waals surface area contributed by atoms with Gasteiger partial charge in [0.2, 0.25) is 0 Å². The molecule has 0 unspecified atom stereocenters. The second-order valence-corrected chi connectivity index (χ2v) is 3.49. The van der Waals surface area contributed by atoms with Crippen molar-refractivity contribution in [1.29, 1.82) is 0 Å². The van der Waals surface area contributed by atoms with Gasteiger partial charge in [-0.3, -0.25) is 4.79 Å². The molecule has 4 nitrogen and oxygen atoms in total. The fourth-order valence-electron chi connectivity index (χ4n) is 1.11. The zero-order chi connectivity index (χ0) is 13.9. The van der Waals surface area contributed by atoms with Crippen molar-refractivity contribution in [2.75, 3.05) is 13.2 Å². The van der Waals surface area contributed by atoms with E-state index in [0.29, 0.717) is 0 Å². The lowest BCUT2D eigenvalue weighted by molar-refractivity contribution is -0.140. The van der Waals surface area contributed by atoms with Crippen LogP contribution in [0.3, 0.4) is 0 Å². The van der Waals surface area contributed by atoms with Crippen molar-refractivity contribution >= 4 is 11.9 Å². The van der Waals surface area contributed by atoms with E-state index in [9.17, 15) is 9.59 Å². The Labute approximate surface area is 112 Å². The van der Waals surface area contributed by atoms with E-state index in [1.54, 1.807) is 24.3 Å². The van der Waals surface area contributed by atoms with E-state index in [1.807, 2.05) is 18.2 Å². The zero-order valence-electron chi connectivity index (χ0n) is 10.6. The highest BCUT2D eigenvalue weighted by Crippen LogP contribution is 1.94. The van der Waals surface area contributed by atoms with Gasteiger partial charge in [0.25, 0.3) is 0 Å². The Morgan fingerprint density at radius 1 is 1.11 bits per heavy atom. The number of ether oxygens (including phenoxy) is 2. The van der Waals surface area contributed by atoms with Crippen molar-refractivity contribution in [3.8, 4) is 11.8 Å². The van der Waals surface area contributed by atoms with Crippen LogP contribution in [0.2, 0.25) is 0 Å². The molecule has 19 heavy (non-hydrogen) atoms. The molecule has 0 N–H and O–H groups in total. The third kappa shape index (κ3) is 7.40. The molecular weight excluding hydrogens is 244 g/mol. The summed E-state index contributed by atoms with van der Waals surface area (Å²) in [5.74, 6) is 4.12. The van der Waals surface area contributed by atoms with Crippen LogP contribution in [0.5, 0.6) is 0 Å². The SMILES string of the molecule is CC(=O)OC/C=C\COC(=O)C#Cc1ccccc1. The maximum absolute atomic E-state index is 11.2. The van der Waals surface area contributed by atoms with Crippen molar-refractivity contribution in [3.63, 3.8) is 0 Å². The van der Waals surface area contributed by atoms with Gasteiger partial charge in [0.15, 0.2) is 0 Å². The smallest absolute Gasteiger partial charge is 0.385 e. The summed E-state index contributed by atoms with van der Waals surface area (Å²) in [6.45, 7) is 1.60. The lowest BCUT2D eigenvalue weighted by Crippen LogP contribution is -2.02.